The minimum atomic E-state index is -3.25. The van der Waals surface area contributed by atoms with Gasteiger partial charge in [0.25, 0.3) is 5.91 Å². The Morgan fingerprint density at radius 2 is 2.07 bits per heavy atom. The molecule has 0 bridgehead atoms. The first-order chi connectivity index (χ1) is 6.89. The summed E-state index contributed by atoms with van der Waals surface area (Å²) < 4.78 is 22.4. The van der Waals surface area contributed by atoms with Crippen molar-refractivity contribution < 1.29 is 13.2 Å². The highest BCUT2D eigenvalue weighted by Gasteiger charge is 2.05. The van der Waals surface area contributed by atoms with Crippen LogP contribution in [0.15, 0.2) is 29.2 Å². The molecule has 0 spiro atoms. The van der Waals surface area contributed by atoms with Gasteiger partial charge in [0.15, 0.2) is 9.84 Å². The van der Waals surface area contributed by atoms with Crippen LogP contribution in [0.25, 0.3) is 0 Å². The normalized spacial score (nSPS) is 10.2. The average Bonchev–Trinajstić information content (AvgIpc) is 2.14. The Kier molecular flexibility index (Phi) is 3.12. The summed E-state index contributed by atoms with van der Waals surface area (Å²) in [7, 11) is -3.25. The fourth-order valence-electron chi connectivity index (χ4n) is 0.938. The average molecular weight is 223 g/mol. The lowest BCUT2D eigenvalue weighted by atomic mass is 10.2. The summed E-state index contributed by atoms with van der Waals surface area (Å²) in [6, 6.07) is 6.02. The van der Waals surface area contributed by atoms with Crippen LogP contribution in [0.1, 0.15) is 5.56 Å². The predicted octanol–water partition coefficient (Wildman–Crippen LogP) is -0.0731. The number of nitrogens with two attached hydrogens (primary N) is 1. The zero-order valence-corrected chi connectivity index (χ0v) is 8.84. The molecule has 0 unspecified atom stereocenters. The molecule has 0 saturated heterocycles. The van der Waals surface area contributed by atoms with Crippen LogP contribution in [-0.2, 0) is 14.6 Å². The lowest BCUT2D eigenvalue weighted by Crippen LogP contribution is -2.06. The molecular formula is C10H9NO3S. The van der Waals surface area contributed by atoms with Gasteiger partial charge >= 0.3 is 0 Å². The second-order valence-corrected chi connectivity index (χ2v) is 4.93. The molecule has 78 valence electrons. The van der Waals surface area contributed by atoms with Gasteiger partial charge in [0, 0.05) is 11.8 Å². The lowest BCUT2D eigenvalue weighted by Gasteiger charge is -1.97. The molecule has 0 aliphatic heterocycles. The van der Waals surface area contributed by atoms with E-state index in [1.54, 1.807) is 12.1 Å². The third-order valence-corrected chi connectivity index (χ3v) is 2.70. The molecule has 1 aromatic rings. The Hall–Kier alpha value is -1.80. The summed E-state index contributed by atoms with van der Waals surface area (Å²) in [6.45, 7) is 0. The molecule has 0 atom stereocenters. The van der Waals surface area contributed by atoms with Gasteiger partial charge in [-0.05, 0) is 24.1 Å². The number of rotatable bonds is 1. The molecule has 0 aliphatic carbocycles. The van der Waals surface area contributed by atoms with Gasteiger partial charge in [-0.2, -0.15) is 0 Å². The van der Waals surface area contributed by atoms with E-state index in [-0.39, 0.29) is 4.90 Å². The van der Waals surface area contributed by atoms with Crippen molar-refractivity contribution in [2.45, 2.75) is 4.90 Å². The Morgan fingerprint density at radius 3 is 2.60 bits per heavy atom. The first-order valence-corrected chi connectivity index (χ1v) is 5.90. The van der Waals surface area contributed by atoms with Crippen molar-refractivity contribution in [3.63, 3.8) is 0 Å². The molecule has 0 aliphatic rings. The summed E-state index contributed by atoms with van der Waals surface area (Å²) in [4.78, 5) is 10.6. The van der Waals surface area contributed by atoms with Crippen molar-refractivity contribution in [3.05, 3.63) is 29.8 Å². The van der Waals surface area contributed by atoms with E-state index >= 15 is 0 Å². The molecule has 5 heteroatoms. The number of benzene rings is 1. The fraction of sp³-hybridized carbons (Fsp3) is 0.100. The van der Waals surface area contributed by atoms with Gasteiger partial charge in [-0.1, -0.05) is 12.0 Å². The second kappa shape index (κ2) is 4.15. The minimum Gasteiger partial charge on any atom is -0.359 e. The summed E-state index contributed by atoms with van der Waals surface area (Å²) in [5.41, 5.74) is 5.27. The van der Waals surface area contributed by atoms with E-state index in [2.05, 4.69) is 11.8 Å². The minimum absolute atomic E-state index is 0.166. The first kappa shape index (κ1) is 11.3. The largest absolute Gasteiger partial charge is 0.359 e. The highest BCUT2D eigenvalue weighted by molar-refractivity contribution is 7.90. The van der Waals surface area contributed by atoms with Crippen LogP contribution in [0, 0.1) is 11.8 Å². The maximum absolute atomic E-state index is 11.2. The van der Waals surface area contributed by atoms with Gasteiger partial charge in [0.05, 0.1) is 4.90 Å². The van der Waals surface area contributed by atoms with E-state index in [0.29, 0.717) is 5.56 Å². The van der Waals surface area contributed by atoms with Crippen LogP contribution in [0.3, 0.4) is 0 Å². The van der Waals surface area contributed by atoms with Crippen molar-refractivity contribution >= 4 is 15.7 Å². The maximum Gasteiger partial charge on any atom is 0.293 e. The summed E-state index contributed by atoms with van der Waals surface area (Å²) in [5.74, 6) is 3.85. The second-order valence-electron chi connectivity index (χ2n) is 2.91. The third kappa shape index (κ3) is 3.44. The molecule has 0 heterocycles. The fourth-order valence-corrected chi connectivity index (χ4v) is 1.61. The maximum atomic E-state index is 11.2. The quantitative estimate of drug-likeness (QED) is 0.677. The molecule has 0 saturated carbocycles. The van der Waals surface area contributed by atoms with Crippen molar-refractivity contribution in [1.29, 1.82) is 0 Å². The summed E-state index contributed by atoms with van der Waals surface area (Å²) >= 11 is 0. The van der Waals surface area contributed by atoms with Gasteiger partial charge in [-0.15, -0.1) is 0 Å². The summed E-state index contributed by atoms with van der Waals surface area (Å²) in [6.07, 6.45) is 1.10. The molecule has 1 aromatic carbocycles. The Balaban J connectivity index is 3.17. The smallest absolute Gasteiger partial charge is 0.293 e. The Labute approximate surface area is 88.0 Å². The number of amides is 1. The molecule has 0 radical (unpaired) electrons. The molecule has 1 amide bonds. The van der Waals surface area contributed by atoms with Crippen molar-refractivity contribution in [2.24, 2.45) is 5.73 Å². The van der Waals surface area contributed by atoms with Crippen LogP contribution in [0.4, 0.5) is 0 Å². The zero-order valence-electron chi connectivity index (χ0n) is 8.02. The molecule has 0 aromatic heterocycles. The number of hydrogen-bond acceptors (Lipinski definition) is 3. The van der Waals surface area contributed by atoms with Gasteiger partial charge in [0.1, 0.15) is 0 Å². The van der Waals surface area contributed by atoms with Crippen LogP contribution in [-0.4, -0.2) is 20.6 Å². The Bertz CT molecular complexity index is 550. The molecule has 2 N–H and O–H groups in total. The molecule has 0 fully saturated rings. The van der Waals surface area contributed by atoms with Crippen LogP contribution < -0.4 is 5.73 Å². The molecular weight excluding hydrogens is 214 g/mol. The molecule has 4 nitrogen and oxygen atoms in total. The van der Waals surface area contributed by atoms with Crippen LogP contribution in [0.2, 0.25) is 0 Å². The highest BCUT2D eigenvalue weighted by Crippen LogP contribution is 2.10. The van der Waals surface area contributed by atoms with E-state index in [0.717, 1.165) is 6.26 Å². The number of sulfone groups is 1. The van der Waals surface area contributed by atoms with Gasteiger partial charge in [-0.25, -0.2) is 8.42 Å². The lowest BCUT2D eigenvalue weighted by molar-refractivity contribution is -0.112. The number of primary amides is 1. The van der Waals surface area contributed by atoms with Crippen molar-refractivity contribution in [1.82, 2.24) is 0 Å². The number of hydrogen-bond donors (Lipinski definition) is 1. The van der Waals surface area contributed by atoms with Crippen LogP contribution in [0.5, 0.6) is 0 Å². The monoisotopic (exact) mass is 223 g/mol. The van der Waals surface area contributed by atoms with E-state index in [4.69, 9.17) is 5.73 Å². The van der Waals surface area contributed by atoms with Crippen LogP contribution >= 0.6 is 0 Å². The van der Waals surface area contributed by atoms with Gasteiger partial charge in [-0.3, -0.25) is 4.79 Å². The predicted molar refractivity (Wildman–Crippen MR) is 55.6 cm³/mol. The highest BCUT2D eigenvalue weighted by atomic mass is 32.2. The molecule has 15 heavy (non-hydrogen) atoms. The SMILES string of the molecule is CS(=O)(=O)c1cccc(C#CC(N)=O)c1. The van der Waals surface area contributed by atoms with Crippen molar-refractivity contribution in [2.75, 3.05) is 6.26 Å². The molecule has 1 rings (SSSR count). The van der Waals surface area contributed by atoms with E-state index in [9.17, 15) is 13.2 Å². The topological polar surface area (TPSA) is 77.2 Å². The third-order valence-electron chi connectivity index (χ3n) is 1.59. The van der Waals surface area contributed by atoms with Gasteiger partial charge < -0.3 is 5.73 Å². The van der Waals surface area contributed by atoms with E-state index in [1.807, 2.05) is 0 Å². The van der Waals surface area contributed by atoms with E-state index in [1.165, 1.54) is 12.1 Å². The van der Waals surface area contributed by atoms with Crippen molar-refractivity contribution in [3.8, 4) is 11.8 Å². The standard InChI is InChI=1S/C10H9NO3S/c1-15(13,14)9-4-2-3-8(7-9)5-6-10(11)12/h2-4,7H,1H3,(H2,11,12). The first-order valence-electron chi connectivity index (χ1n) is 4.01. The Morgan fingerprint density at radius 1 is 1.40 bits per heavy atom. The van der Waals surface area contributed by atoms with Gasteiger partial charge in [0.2, 0.25) is 0 Å². The number of carbonyl (C=O) groups excluding carboxylic acids is 1. The number of carbonyl (C=O) groups is 1. The van der Waals surface area contributed by atoms with E-state index < -0.39 is 15.7 Å². The summed E-state index contributed by atoms with van der Waals surface area (Å²) in [5, 5.41) is 0. The zero-order chi connectivity index (χ0) is 11.5.